The van der Waals surface area contributed by atoms with Crippen molar-refractivity contribution in [2.24, 2.45) is 5.16 Å². The maximum Gasteiger partial charge on any atom is 0.231 e. The number of methoxy groups -OCH3 is 2. The van der Waals surface area contributed by atoms with E-state index in [1.54, 1.807) is 12.1 Å². The summed E-state index contributed by atoms with van der Waals surface area (Å²) in [6.07, 6.45) is 1.23. The fraction of sp³-hybridized carbons (Fsp3) is 0.300. The van der Waals surface area contributed by atoms with Crippen molar-refractivity contribution in [1.29, 1.82) is 0 Å². The van der Waals surface area contributed by atoms with Crippen molar-refractivity contribution in [3.8, 4) is 23.0 Å². The third-order valence-corrected chi connectivity index (χ3v) is 4.74. The van der Waals surface area contributed by atoms with Crippen molar-refractivity contribution in [2.45, 2.75) is 18.9 Å². The van der Waals surface area contributed by atoms with Gasteiger partial charge in [0.1, 0.15) is 11.9 Å². The summed E-state index contributed by atoms with van der Waals surface area (Å²) in [5.41, 5.74) is 2.42. The zero-order valence-electron chi connectivity index (χ0n) is 15.4. The number of fused-ring (bicyclic) bond motifs is 1. The summed E-state index contributed by atoms with van der Waals surface area (Å²) >= 11 is 0. The molecule has 2 heterocycles. The standard InChI is InChI=1S/C20H18FNO6/c1-24-17-14(15(9-23)18(25-2)20-19(17)26-10-27-20)7-13-8-16(22-28-13)11-3-5-12(21)6-4-11/h3-6,9,13H,7-8,10H2,1-2H3/t13-/m1/s1. The van der Waals surface area contributed by atoms with Gasteiger partial charge in [-0.3, -0.25) is 4.79 Å². The van der Waals surface area contributed by atoms with Crippen LogP contribution in [0.1, 0.15) is 27.9 Å². The van der Waals surface area contributed by atoms with Crippen LogP contribution in [-0.4, -0.2) is 39.1 Å². The van der Waals surface area contributed by atoms with Crippen LogP contribution in [-0.2, 0) is 11.3 Å². The van der Waals surface area contributed by atoms with E-state index in [0.29, 0.717) is 59.0 Å². The SMILES string of the molecule is COc1c(C=O)c(C[C@@H]2CC(c3ccc(F)cc3)=NO2)c(OC)c2c1OCO2. The number of aldehydes is 1. The van der Waals surface area contributed by atoms with Crippen LogP contribution in [0, 0.1) is 5.82 Å². The molecule has 0 radical (unpaired) electrons. The molecule has 0 aliphatic carbocycles. The summed E-state index contributed by atoms with van der Waals surface area (Å²) < 4.78 is 35.0. The third kappa shape index (κ3) is 3.00. The Morgan fingerprint density at radius 1 is 1.14 bits per heavy atom. The summed E-state index contributed by atoms with van der Waals surface area (Å²) in [4.78, 5) is 17.4. The zero-order chi connectivity index (χ0) is 19.7. The highest BCUT2D eigenvalue weighted by molar-refractivity contribution is 6.01. The van der Waals surface area contributed by atoms with E-state index in [4.69, 9.17) is 23.8 Å². The molecule has 0 saturated carbocycles. The first-order valence-corrected chi connectivity index (χ1v) is 8.66. The van der Waals surface area contributed by atoms with E-state index in [1.165, 1.54) is 26.4 Å². The van der Waals surface area contributed by atoms with Crippen molar-refractivity contribution in [3.63, 3.8) is 0 Å². The number of rotatable bonds is 6. The molecule has 0 aromatic heterocycles. The van der Waals surface area contributed by atoms with Crippen molar-refractivity contribution >= 4 is 12.0 Å². The topological polar surface area (TPSA) is 75.6 Å². The fourth-order valence-corrected chi connectivity index (χ4v) is 3.46. The first kappa shape index (κ1) is 18.1. The van der Waals surface area contributed by atoms with Gasteiger partial charge in [-0.25, -0.2) is 4.39 Å². The molecule has 2 aromatic carbocycles. The highest BCUT2D eigenvalue weighted by Gasteiger charge is 2.34. The van der Waals surface area contributed by atoms with Crippen molar-refractivity contribution < 1.29 is 33.0 Å². The second-order valence-electron chi connectivity index (χ2n) is 6.32. The first-order valence-electron chi connectivity index (χ1n) is 8.66. The Labute approximate surface area is 160 Å². The average Bonchev–Trinajstić information content (AvgIpc) is 3.37. The number of hydrogen-bond acceptors (Lipinski definition) is 7. The molecule has 0 amide bonds. The quantitative estimate of drug-likeness (QED) is 0.709. The minimum absolute atomic E-state index is 0.0154. The molecule has 2 aliphatic rings. The van der Waals surface area contributed by atoms with Crippen molar-refractivity contribution in [2.75, 3.05) is 21.0 Å². The van der Waals surface area contributed by atoms with Gasteiger partial charge in [0.25, 0.3) is 0 Å². The number of hydrogen-bond donors (Lipinski definition) is 0. The smallest absolute Gasteiger partial charge is 0.231 e. The van der Waals surface area contributed by atoms with E-state index in [9.17, 15) is 9.18 Å². The Balaban J connectivity index is 1.64. The van der Waals surface area contributed by atoms with Gasteiger partial charge in [-0.05, 0) is 17.7 Å². The Kier molecular flexibility index (Phi) is 4.77. The Morgan fingerprint density at radius 3 is 2.46 bits per heavy atom. The number of nitrogens with zero attached hydrogens (tertiary/aromatic N) is 1. The number of benzene rings is 2. The molecule has 0 fully saturated rings. The van der Waals surface area contributed by atoms with Gasteiger partial charge in [0, 0.05) is 18.4 Å². The van der Waals surface area contributed by atoms with Crippen LogP contribution >= 0.6 is 0 Å². The lowest BCUT2D eigenvalue weighted by Crippen LogP contribution is -2.15. The lowest BCUT2D eigenvalue weighted by molar-refractivity contribution is 0.0850. The summed E-state index contributed by atoms with van der Waals surface area (Å²) in [5, 5.41) is 4.12. The molecule has 2 aromatic rings. The van der Waals surface area contributed by atoms with Crippen LogP contribution in [0.3, 0.4) is 0 Å². The van der Waals surface area contributed by atoms with Gasteiger partial charge in [-0.1, -0.05) is 17.3 Å². The predicted molar refractivity (Wildman–Crippen MR) is 97.2 cm³/mol. The molecule has 28 heavy (non-hydrogen) atoms. The monoisotopic (exact) mass is 387 g/mol. The zero-order valence-corrected chi connectivity index (χ0v) is 15.4. The van der Waals surface area contributed by atoms with Gasteiger partial charge in [-0.15, -0.1) is 0 Å². The molecular formula is C20H18FNO6. The minimum Gasteiger partial charge on any atom is -0.492 e. The molecule has 0 N–H and O–H groups in total. The van der Waals surface area contributed by atoms with E-state index in [0.717, 1.165) is 5.56 Å². The van der Waals surface area contributed by atoms with Gasteiger partial charge < -0.3 is 23.8 Å². The lowest BCUT2D eigenvalue weighted by atomic mass is 9.95. The molecule has 0 unspecified atom stereocenters. The van der Waals surface area contributed by atoms with Crippen LogP contribution in [0.5, 0.6) is 23.0 Å². The maximum atomic E-state index is 13.1. The molecule has 0 spiro atoms. The van der Waals surface area contributed by atoms with Crippen LogP contribution in [0.15, 0.2) is 29.4 Å². The van der Waals surface area contributed by atoms with Gasteiger partial charge >= 0.3 is 0 Å². The maximum absolute atomic E-state index is 13.1. The molecule has 0 saturated heterocycles. The highest BCUT2D eigenvalue weighted by atomic mass is 19.1. The summed E-state index contributed by atoms with van der Waals surface area (Å²) in [6.45, 7) is 0.0154. The van der Waals surface area contributed by atoms with Crippen molar-refractivity contribution in [3.05, 3.63) is 46.8 Å². The second-order valence-corrected chi connectivity index (χ2v) is 6.32. The van der Waals surface area contributed by atoms with Crippen LogP contribution in [0.25, 0.3) is 0 Å². The Morgan fingerprint density at radius 2 is 1.82 bits per heavy atom. The highest BCUT2D eigenvalue weighted by Crippen LogP contribution is 2.52. The van der Waals surface area contributed by atoms with Crippen LogP contribution < -0.4 is 18.9 Å². The molecular weight excluding hydrogens is 369 g/mol. The molecule has 1 atom stereocenters. The number of oxime groups is 1. The normalized spacial score (nSPS) is 17.1. The lowest BCUT2D eigenvalue weighted by Gasteiger charge is -2.18. The summed E-state index contributed by atoms with van der Waals surface area (Å²) in [6, 6.07) is 6.06. The van der Waals surface area contributed by atoms with E-state index in [-0.39, 0.29) is 18.7 Å². The Hall–Kier alpha value is -3.29. The third-order valence-electron chi connectivity index (χ3n) is 4.74. The minimum atomic E-state index is -0.322. The fourth-order valence-electron chi connectivity index (χ4n) is 3.46. The first-order chi connectivity index (χ1) is 13.7. The van der Waals surface area contributed by atoms with E-state index in [2.05, 4.69) is 5.16 Å². The molecule has 146 valence electrons. The molecule has 0 bridgehead atoms. The average molecular weight is 387 g/mol. The predicted octanol–water partition coefficient (Wildman–Crippen LogP) is 3.12. The van der Waals surface area contributed by atoms with Gasteiger partial charge in [0.05, 0.1) is 25.5 Å². The summed E-state index contributed by atoms with van der Waals surface area (Å²) in [5.74, 6) is 1.15. The van der Waals surface area contributed by atoms with E-state index in [1.807, 2.05) is 0 Å². The molecule has 4 rings (SSSR count). The molecule has 2 aliphatic heterocycles. The largest absolute Gasteiger partial charge is 0.492 e. The second kappa shape index (κ2) is 7.38. The number of carbonyl (C=O) groups is 1. The van der Waals surface area contributed by atoms with Crippen molar-refractivity contribution in [1.82, 2.24) is 0 Å². The number of carbonyl (C=O) groups excluding carboxylic acids is 1. The number of ether oxygens (including phenoxy) is 4. The molecule has 8 heteroatoms. The Bertz CT molecular complexity index is 941. The molecule has 7 nitrogen and oxygen atoms in total. The van der Waals surface area contributed by atoms with Gasteiger partial charge in [-0.2, -0.15) is 0 Å². The van der Waals surface area contributed by atoms with Gasteiger partial charge in [0.2, 0.25) is 18.3 Å². The van der Waals surface area contributed by atoms with Gasteiger partial charge in [0.15, 0.2) is 17.8 Å². The van der Waals surface area contributed by atoms with E-state index >= 15 is 0 Å². The van der Waals surface area contributed by atoms with Crippen LogP contribution in [0.4, 0.5) is 4.39 Å². The number of halogens is 1. The summed E-state index contributed by atoms with van der Waals surface area (Å²) in [7, 11) is 2.96. The van der Waals surface area contributed by atoms with E-state index < -0.39 is 0 Å². The van der Waals surface area contributed by atoms with Crippen LogP contribution in [0.2, 0.25) is 0 Å².